The van der Waals surface area contributed by atoms with Crippen LogP contribution < -0.4 is 14.8 Å². The number of benzene rings is 3. The molecule has 0 unspecified atom stereocenters. The molecule has 0 fully saturated rings. The predicted octanol–water partition coefficient (Wildman–Crippen LogP) is 7.38. The van der Waals surface area contributed by atoms with Gasteiger partial charge in [0.25, 0.3) is 5.91 Å². The van der Waals surface area contributed by atoms with Gasteiger partial charge >= 0.3 is 0 Å². The highest BCUT2D eigenvalue weighted by Gasteiger charge is 2.15. The molecule has 0 saturated carbocycles. The van der Waals surface area contributed by atoms with Gasteiger partial charge in [-0.15, -0.1) is 0 Å². The van der Waals surface area contributed by atoms with Gasteiger partial charge in [0.2, 0.25) is 0 Å². The van der Waals surface area contributed by atoms with Crippen molar-refractivity contribution in [3.63, 3.8) is 0 Å². The van der Waals surface area contributed by atoms with Crippen molar-refractivity contribution in [1.29, 1.82) is 5.26 Å². The summed E-state index contributed by atoms with van der Waals surface area (Å²) in [5.41, 5.74) is 1.70. The minimum Gasteiger partial charge on any atom is -0.493 e. The molecule has 0 aliphatic carbocycles. The van der Waals surface area contributed by atoms with Crippen molar-refractivity contribution in [3.8, 4) is 17.6 Å². The third kappa shape index (κ3) is 6.55. The number of hydrogen-bond acceptors (Lipinski definition) is 4. The molecule has 3 rings (SSSR count). The second-order valence-corrected chi connectivity index (χ2v) is 9.08. The fraction of sp³-hybridized carbons (Fsp3) is 0.0833. The van der Waals surface area contributed by atoms with Crippen molar-refractivity contribution >= 4 is 75.1 Å². The average Bonchev–Trinajstić information content (AvgIpc) is 2.78. The number of ether oxygens (including phenoxy) is 2. The Bertz CT molecular complexity index is 1270. The Labute approximate surface area is 220 Å². The molecule has 1 N–H and O–H groups in total. The van der Waals surface area contributed by atoms with Crippen molar-refractivity contribution in [3.05, 3.63) is 89.9 Å². The van der Waals surface area contributed by atoms with Crippen molar-refractivity contribution < 1.29 is 14.3 Å². The molecule has 5 nitrogen and oxygen atoms in total. The maximum atomic E-state index is 12.6. The number of hydrogen-bond donors (Lipinski definition) is 1. The van der Waals surface area contributed by atoms with Crippen LogP contribution in [0.3, 0.4) is 0 Å². The van der Waals surface area contributed by atoms with Gasteiger partial charge in [0.05, 0.1) is 21.4 Å². The normalized spacial score (nSPS) is 11.0. The minimum atomic E-state index is -0.572. The number of rotatable bonds is 7. The lowest BCUT2D eigenvalue weighted by Crippen LogP contribution is -2.13. The van der Waals surface area contributed by atoms with Crippen LogP contribution in [0.5, 0.6) is 11.5 Å². The van der Waals surface area contributed by atoms with E-state index in [-0.39, 0.29) is 12.2 Å². The number of carbonyl (C=O) groups excluding carboxylic acids is 1. The Morgan fingerprint density at radius 2 is 1.88 bits per heavy atom. The molecule has 0 aliphatic heterocycles. The van der Waals surface area contributed by atoms with Gasteiger partial charge in [-0.2, -0.15) is 5.26 Å². The number of halogens is 4. The molecule has 0 heterocycles. The maximum absolute atomic E-state index is 12.6. The summed E-state index contributed by atoms with van der Waals surface area (Å²) in [7, 11) is 1.51. The lowest BCUT2D eigenvalue weighted by atomic mass is 10.1. The molecule has 3 aromatic rings. The number of para-hydroxylation sites is 1. The predicted molar refractivity (Wildman–Crippen MR) is 140 cm³/mol. The van der Waals surface area contributed by atoms with Crippen LogP contribution >= 0.6 is 57.4 Å². The number of nitriles is 1. The van der Waals surface area contributed by atoms with Crippen molar-refractivity contribution in [2.24, 2.45) is 0 Å². The topological polar surface area (TPSA) is 71.3 Å². The summed E-state index contributed by atoms with van der Waals surface area (Å²) in [4.78, 5) is 12.6. The number of nitrogens with zero attached hydrogens (tertiary/aromatic N) is 1. The zero-order valence-corrected chi connectivity index (χ0v) is 21.6. The van der Waals surface area contributed by atoms with E-state index in [0.29, 0.717) is 37.8 Å². The van der Waals surface area contributed by atoms with Gasteiger partial charge in [-0.3, -0.25) is 4.79 Å². The average molecular weight is 614 g/mol. The molecule has 0 aromatic heterocycles. The highest BCUT2D eigenvalue weighted by atomic mass is 127. The first-order valence-electron chi connectivity index (χ1n) is 9.44. The van der Waals surface area contributed by atoms with Gasteiger partial charge in [0, 0.05) is 15.6 Å². The Balaban J connectivity index is 1.84. The van der Waals surface area contributed by atoms with E-state index in [9.17, 15) is 10.1 Å². The summed E-state index contributed by atoms with van der Waals surface area (Å²) in [6, 6.07) is 17.3. The first kappa shape index (κ1) is 25.2. The van der Waals surface area contributed by atoms with Crippen LogP contribution in [0.1, 0.15) is 11.1 Å². The van der Waals surface area contributed by atoms with E-state index < -0.39 is 5.91 Å². The molecule has 0 spiro atoms. The standard InChI is InChI=1S/C24H16Cl3IN2O3/c1-32-22-10-14(8-16(12-29)24(31)30-21-5-3-2-4-18(21)26)9-20(28)23(22)33-13-15-6-7-17(25)11-19(15)27/h2-11H,13H2,1H3,(H,30,31)/b16-8-. The summed E-state index contributed by atoms with van der Waals surface area (Å²) >= 11 is 20.4. The number of amides is 1. The molecule has 0 aliphatic rings. The van der Waals surface area contributed by atoms with Gasteiger partial charge in [-0.25, -0.2) is 0 Å². The Hall–Kier alpha value is -2.44. The highest BCUT2D eigenvalue weighted by molar-refractivity contribution is 14.1. The number of methoxy groups -OCH3 is 1. The highest BCUT2D eigenvalue weighted by Crippen LogP contribution is 2.36. The van der Waals surface area contributed by atoms with Crippen LogP contribution in [-0.2, 0) is 11.4 Å². The van der Waals surface area contributed by atoms with Crippen LogP contribution in [0.15, 0.2) is 60.2 Å². The SMILES string of the molecule is COc1cc(/C=C(/C#N)C(=O)Nc2ccccc2Cl)cc(I)c1OCc1ccc(Cl)cc1Cl. The van der Waals surface area contributed by atoms with E-state index in [0.717, 1.165) is 9.13 Å². The molecule has 0 bridgehead atoms. The fourth-order valence-electron chi connectivity index (χ4n) is 2.82. The van der Waals surface area contributed by atoms with E-state index in [1.165, 1.54) is 13.2 Å². The number of nitrogens with one attached hydrogen (secondary N) is 1. The molecular weight excluding hydrogens is 598 g/mol. The van der Waals surface area contributed by atoms with E-state index in [4.69, 9.17) is 44.3 Å². The second kappa shape index (κ2) is 11.6. The molecule has 33 heavy (non-hydrogen) atoms. The summed E-state index contributed by atoms with van der Waals surface area (Å²) in [6.45, 7) is 0.210. The first-order valence-corrected chi connectivity index (χ1v) is 11.7. The molecule has 168 valence electrons. The summed E-state index contributed by atoms with van der Waals surface area (Å²) in [5, 5.41) is 13.6. The first-order chi connectivity index (χ1) is 15.8. The summed E-state index contributed by atoms with van der Waals surface area (Å²) in [6.07, 6.45) is 1.47. The van der Waals surface area contributed by atoms with Gasteiger partial charge in [0.1, 0.15) is 18.2 Å². The van der Waals surface area contributed by atoms with Gasteiger partial charge in [-0.1, -0.05) is 53.0 Å². The van der Waals surface area contributed by atoms with Gasteiger partial charge in [-0.05, 0) is 70.6 Å². The lowest BCUT2D eigenvalue weighted by Gasteiger charge is -2.14. The zero-order chi connectivity index (χ0) is 24.0. The van der Waals surface area contributed by atoms with E-state index in [1.54, 1.807) is 54.6 Å². The Morgan fingerprint density at radius 3 is 2.55 bits per heavy atom. The van der Waals surface area contributed by atoms with E-state index >= 15 is 0 Å². The Kier molecular flexibility index (Phi) is 8.87. The summed E-state index contributed by atoms with van der Waals surface area (Å²) in [5.74, 6) is 0.389. The summed E-state index contributed by atoms with van der Waals surface area (Å²) < 4.78 is 12.2. The van der Waals surface area contributed by atoms with Crippen molar-refractivity contribution in [1.82, 2.24) is 0 Å². The minimum absolute atomic E-state index is 0.0885. The van der Waals surface area contributed by atoms with Crippen molar-refractivity contribution in [2.75, 3.05) is 12.4 Å². The smallest absolute Gasteiger partial charge is 0.266 e. The number of carbonyl (C=O) groups is 1. The van der Waals surface area contributed by atoms with Crippen LogP contribution in [0.2, 0.25) is 15.1 Å². The molecule has 9 heteroatoms. The van der Waals surface area contributed by atoms with Crippen LogP contribution in [0.4, 0.5) is 5.69 Å². The fourth-order valence-corrected chi connectivity index (χ4v) is 4.25. The Morgan fingerprint density at radius 1 is 1.12 bits per heavy atom. The van der Waals surface area contributed by atoms with Crippen molar-refractivity contribution in [2.45, 2.75) is 6.61 Å². The molecule has 1 amide bonds. The van der Waals surface area contributed by atoms with Crippen LogP contribution in [0, 0.1) is 14.9 Å². The van der Waals surface area contributed by atoms with E-state index in [2.05, 4.69) is 27.9 Å². The monoisotopic (exact) mass is 612 g/mol. The third-order valence-corrected chi connectivity index (χ3v) is 6.15. The largest absolute Gasteiger partial charge is 0.493 e. The molecule has 0 atom stereocenters. The van der Waals surface area contributed by atoms with Gasteiger partial charge < -0.3 is 14.8 Å². The lowest BCUT2D eigenvalue weighted by molar-refractivity contribution is -0.112. The maximum Gasteiger partial charge on any atom is 0.266 e. The number of anilines is 1. The molecular formula is C24H16Cl3IN2O3. The van der Waals surface area contributed by atoms with Crippen LogP contribution in [0.25, 0.3) is 6.08 Å². The van der Waals surface area contributed by atoms with Crippen LogP contribution in [-0.4, -0.2) is 13.0 Å². The van der Waals surface area contributed by atoms with E-state index in [1.807, 2.05) is 6.07 Å². The quantitative estimate of drug-likeness (QED) is 0.172. The molecule has 0 saturated heterocycles. The van der Waals surface area contributed by atoms with Gasteiger partial charge in [0.15, 0.2) is 11.5 Å². The zero-order valence-electron chi connectivity index (χ0n) is 17.2. The third-order valence-electron chi connectivity index (χ3n) is 4.44. The second-order valence-electron chi connectivity index (χ2n) is 6.66. The molecule has 3 aromatic carbocycles. The molecule has 0 radical (unpaired) electrons.